The molecule has 3 atom stereocenters. The molecule has 2 aromatic carbocycles. The van der Waals surface area contributed by atoms with Crippen LogP contribution in [-0.4, -0.2) is 26.7 Å². The number of imide groups is 1. The number of ether oxygens (including phenoxy) is 1. The number of hydrogen-bond donors (Lipinski definition) is 1. The van der Waals surface area contributed by atoms with E-state index in [9.17, 15) is 36.6 Å². The molecule has 2 aliphatic heterocycles. The first-order valence-corrected chi connectivity index (χ1v) is 11.4. The molecule has 1 fully saturated rings. The van der Waals surface area contributed by atoms with Crippen molar-refractivity contribution >= 4 is 40.7 Å². The maximum atomic E-state index is 14.7. The zero-order valence-corrected chi connectivity index (χ0v) is 19.9. The first-order chi connectivity index (χ1) is 17.4. The van der Waals surface area contributed by atoms with Crippen molar-refractivity contribution in [1.82, 2.24) is 0 Å². The topological polar surface area (TPSA) is 66.8 Å². The summed E-state index contributed by atoms with van der Waals surface area (Å²) in [7, 11) is 0. The molecular weight excluding hydrogens is 544 g/mol. The number of amides is 2. The van der Waals surface area contributed by atoms with Gasteiger partial charge in [0, 0.05) is 17.9 Å². The number of carbonyl (C=O) groups excluding carboxylic acids is 2. The van der Waals surface area contributed by atoms with Gasteiger partial charge in [-0.3, -0.25) is 9.59 Å². The molecule has 192 valence electrons. The fraction of sp³-hybridized carbons (Fsp3) is 0.200. The third-order valence-corrected chi connectivity index (χ3v) is 8.19. The number of hydrogen-bond acceptors (Lipinski definition) is 4. The van der Waals surface area contributed by atoms with Crippen molar-refractivity contribution in [3.05, 3.63) is 89.0 Å². The van der Waals surface area contributed by atoms with Crippen LogP contribution in [0.1, 0.15) is 12.0 Å². The summed E-state index contributed by atoms with van der Waals surface area (Å²) in [6.07, 6.45) is 3.66. The number of rotatable bonds is 3. The van der Waals surface area contributed by atoms with Gasteiger partial charge in [-0.15, -0.1) is 23.2 Å². The number of alkyl halides is 2. The van der Waals surface area contributed by atoms with Crippen molar-refractivity contribution in [2.45, 2.75) is 22.6 Å². The highest BCUT2D eigenvalue weighted by molar-refractivity contribution is 6.58. The van der Waals surface area contributed by atoms with Crippen LogP contribution in [0.5, 0.6) is 11.5 Å². The predicted molar refractivity (Wildman–Crippen MR) is 123 cm³/mol. The van der Waals surface area contributed by atoms with E-state index in [1.807, 2.05) is 0 Å². The molecule has 1 saturated heterocycles. The zero-order chi connectivity index (χ0) is 27.0. The molecule has 0 bridgehead atoms. The van der Waals surface area contributed by atoms with Crippen LogP contribution >= 0.6 is 23.2 Å². The molecule has 5 rings (SSSR count). The smallest absolute Gasteiger partial charge is 0.258 e. The molecule has 2 amide bonds. The van der Waals surface area contributed by atoms with Crippen molar-refractivity contribution in [3.63, 3.8) is 0 Å². The average molecular weight is 558 g/mol. The monoisotopic (exact) mass is 557 g/mol. The van der Waals surface area contributed by atoms with Gasteiger partial charge in [0.25, 0.3) is 11.8 Å². The van der Waals surface area contributed by atoms with E-state index in [0.717, 1.165) is 0 Å². The zero-order valence-electron chi connectivity index (χ0n) is 18.4. The highest BCUT2D eigenvalue weighted by Crippen LogP contribution is 2.59. The second-order valence-corrected chi connectivity index (χ2v) is 9.94. The van der Waals surface area contributed by atoms with E-state index < -0.39 is 68.7 Å². The standard InChI is InChI=1S/C25H14Cl2F5NO4/c1-2-10-5-6-24(26)22(35)33(21-19(31)17(29)16(28)18(30)20(21)32)23(36)25(24,27)15(10)12-7-11-8-13(34)3-4-14(11)37-9-12/h2-5,8-9,15,34H,1,6-7H2. The highest BCUT2D eigenvalue weighted by Gasteiger charge is 2.74. The highest BCUT2D eigenvalue weighted by atomic mass is 35.5. The van der Waals surface area contributed by atoms with Gasteiger partial charge >= 0.3 is 0 Å². The van der Waals surface area contributed by atoms with E-state index in [1.165, 1.54) is 36.6 Å². The quantitative estimate of drug-likeness (QED) is 0.176. The molecule has 0 aromatic heterocycles. The Kier molecular flexibility index (Phi) is 5.69. The lowest BCUT2D eigenvalue weighted by atomic mass is 9.67. The summed E-state index contributed by atoms with van der Waals surface area (Å²) in [5, 5.41) is 9.86. The molecule has 3 aliphatic rings. The minimum Gasteiger partial charge on any atom is -0.508 e. The van der Waals surface area contributed by atoms with Gasteiger partial charge in [-0.05, 0) is 35.8 Å². The van der Waals surface area contributed by atoms with Gasteiger partial charge in [0.2, 0.25) is 5.82 Å². The number of nitrogens with zero attached hydrogens (tertiary/aromatic N) is 1. The van der Waals surface area contributed by atoms with E-state index in [1.54, 1.807) is 0 Å². The number of aromatic hydroxyl groups is 1. The number of anilines is 1. The summed E-state index contributed by atoms with van der Waals surface area (Å²) in [6.45, 7) is 3.69. The summed E-state index contributed by atoms with van der Waals surface area (Å²) < 4.78 is 76.6. The molecule has 1 N–H and O–H groups in total. The van der Waals surface area contributed by atoms with E-state index in [4.69, 9.17) is 27.9 Å². The van der Waals surface area contributed by atoms with Gasteiger partial charge < -0.3 is 9.84 Å². The molecule has 5 nitrogen and oxygen atoms in total. The summed E-state index contributed by atoms with van der Waals surface area (Å²) in [5.74, 6) is -15.9. The van der Waals surface area contributed by atoms with Crippen LogP contribution in [0, 0.1) is 35.0 Å². The molecule has 2 aromatic rings. The molecule has 0 spiro atoms. The Morgan fingerprint density at radius 1 is 1.03 bits per heavy atom. The number of phenolic OH excluding ortho intramolecular Hbond substituents is 1. The van der Waals surface area contributed by atoms with Gasteiger partial charge in [0.1, 0.15) is 17.2 Å². The fourth-order valence-corrected chi connectivity index (χ4v) is 5.86. The van der Waals surface area contributed by atoms with Crippen molar-refractivity contribution in [1.29, 1.82) is 0 Å². The number of halogens is 7. The molecule has 2 heterocycles. The van der Waals surface area contributed by atoms with E-state index >= 15 is 0 Å². The predicted octanol–water partition coefficient (Wildman–Crippen LogP) is 5.57. The lowest BCUT2D eigenvalue weighted by molar-refractivity contribution is -0.122. The maximum absolute atomic E-state index is 14.7. The van der Waals surface area contributed by atoms with Crippen molar-refractivity contribution in [2.75, 3.05) is 4.90 Å². The molecule has 3 unspecified atom stereocenters. The van der Waals surface area contributed by atoms with E-state index in [2.05, 4.69) is 6.58 Å². The molecule has 12 heteroatoms. The van der Waals surface area contributed by atoms with Gasteiger partial charge in [-0.2, -0.15) is 0 Å². The Morgan fingerprint density at radius 3 is 2.27 bits per heavy atom. The SMILES string of the molecule is C=CC1=CCC2(Cl)C(=O)N(c3c(F)c(F)c(F)c(F)c3F)C(=O)C2(Cl)C1C1=COc2ccc(O)cc2C1. The number of carbonyl (C=O) groups is 2. The molecule has 0 radical (unpaired) electrons. The minimum atomic E-state index is -2.48. The summed E-state index contributed by atoms with van der Waals surface area (Å²) >= 11 is 13.5. The third-order valence-electron chi connectivity index (χ3n) is 6.78. The summed E-state index contributed by atoms with van der Waals surface area (Å²) in [4.78, 5) is 22.1. The molecule has 37 heavy (non-hydrogen) atoms. The van der Waals surface area contributed by atoms with Crippen LogP contribution in [0.15, 0.2) is 54.3 Å². The lowest BCUT2D eigenvalue weighted by Gasteiger charge is -2.43. The Labute approximate surface area is 216 Å². The Hall–Kier alpha value is -3.37. The van der Waals surface area contributed by atoms with Crippen LogP contribution in [-0.2, 0) is 16.0 Å². The van der Waals surface area contributed by atoms with Crippen LogP contribution in [0.4, 0.5) is 27.6 Å². The van der Waals surface area contributed by atoms with Gasteiger partial charge in [-0.1, -0.05) is 18.7 Å². The van der Waals surface area contributed by atoms with Crippen molar-refractivity contribution in [3.8, 4) is 11.5 Å². The normalized spacial score (nSPS) is 26.8. The second-order valence-electron chi connectivity index (χ2n) is 8.70. The van der Waals surface area contributed by atoms with Crippen molar-refractivity contribution in [2.24, 2.45) is 5.92 Å². The van der Waals surface area contributed by atoms with E-state index in [-0.39, 0.29) is 22.6 Å². The Bertz CT molecular complexity index is 1460. The van der Waals surface area contributed by atoms with Crippen LogP contribution in [0.3, 0.4) is 0 Å². The van der Waals surface area contributed by atoms with Crippen LogP contribution in [0.25, 0.3) is 0 Å². The molecular formula is C25H14Cl2F5NO4. The largest absolute Gasteiger partial charge is 0.508 e. The first-order valence-electron chi connectivity index (χ1n) is 10.7. The Balaban J connectivity index is 1.69. The average Bonchev–Trinajstić information content (AvgIpc) is 3.03. The maximum Gasteiger partial charge on any atom is 0.258 e. The van der Waals surface area contributed by atoms with Gasteiger partial charge in [-0.25, -0.2) is 26.9 Å². The van der Waals surface area contributed by atoms with Crippen molar-refractivity contribution < 1.29 is 41.4 Å². The van der Waals surface area contributed by atoms with Crippen LogP contribution < -0.4 is 9.64 Å². The van der Waals surface area contributed by atoms with Gasteiger partial charge in [0.15, 0.2) is 33.0 Å². The summed E-state index contributed by atoms with van der Waals surface area (Å²) in [5.41, 5.74) is -0.696. The second kappa shape index (κ2) is 8.32. The number of allylic oxidation sites excluding steroid dienone is 4. The number of fused-ring (bicyclic) bond motifs is 2. The Morgan fingerprint density at radius 2 is 1.65 bits per heavy atom. The summed E-state index contributed by atoms with van der Waals surface area (Å²) in [6, 6.07) is 4.29. The van der Waals surface area contributed by atoms with Crippen LogP contribution in [0.2, 0.25) is 0 Å². The van der Waals surface area contributed by atoms with E-state index in [0.29, 0.717) is 16.9 Å². The van der Waals surface area contributed by atoms with Gasteiger partial charge in [0.05, 0.1) is 6.26 Å². The fourth-order valence-electron chi connectivity index (χ4n) is 5.00. The first kappa shape index (κ1) is 25.3. The lowest BCUT2D eigenvalue weighted by Crippen LogP contribution is -2.56. The molecule has 1 aliphatic carbocycles. The third kappa shape index (κ3) is 3.21. The molecule has 0 saturated carbocycles. The minimum absolute atomic E-state index is 0.0466. The number of benzene rings is 2. The number of phenols is 1.